The Kier molecular flexibility index (Phi) is 3.79. The van der Waals surface area contributed by atoms with Crippen LogP contribution < -0.4 is 5.73 Å². The lowest BCUT2D eigenvalue weighted by atomic mass is 9.92. The molecule has 0 fully saturated rings. The van der Waals surface area contributed by atoms with Crippen molar-refractivity contribution in [3.63, 3.8) is 0 Å². The number of nitrogen functional groups attached to an aromatic ring is 1. The summed E-state index contributed by atoms with van der Waals surface area (Å²) in [4.78, 5) is 0. The van der Waals surface area contributed by atoms with Crippen molar-refractivity contribution in [3.05, 3.63) is 38.3 Å². The van der Waals surface area contributed by atoms with Crippen molar-refractivity contribution < 1.29 is 4.39 Å². The van der Waals surface area contributed by atoms with Gasteiger partial charge in [0.05, 0.1) is 20.0 Å². The first kappa shape index (κ1) is 14.6. The van der Waals surface area contributed by atoms with Gasteiger partial charge in [0.1, 0.15) is 11.6 Å². The number of nitrogens with zero attached hydrogens (tertiary/aromatic N) is 2. The second-order valence-electron chi connectivity index (χ2n) is 5.31. The van der Waals surface area contributed by atoms with E-state index in [1.54, 1.807) is 10.7 Å². The summed E-state index contributed by atoms with van der Waals surface area (Å²) in [6, 6.07) is 4.52. The maximum Gasteiger partial charge on any atom is 0.143 e. The first-order valence-corrected chi connectivity index (χ1v) is 7.17. The number of halogens is 3. The average molecular weight is 394 g/mol. The third-order valence-corrected chi connectivity index (χ3v) is 4.09. The van der Waals surface area contributed by atoms with E-state index >= 15 is 0 Å². The minimum atomic E-state index is -0.485. The summed E-state index contributed by atoms with van der Waals surface area (Å²) in [6.45, 7) is 6.18. The number of benzene rings is 1. The molecule has 102 valence electrons. The molecule has 0 atom stereocenters. The summed E-state index contributed by atoms with van der Waals surface area (Å²) < 4.78 is 16.0. The number of anilines is 1. The zero-order chi connectivity index (χ0) is 14.4. The molecule has 0 saturated heterocycles. The highest BCUT2D eigenvalue weighted by Gasteiger charge is 2.25. The van der Waals surface area contributed by atoms with Gasteiger partial charge in [0, 0.05) is 11.5 Å². The van der Waals surface area contributed by atoms with Gasteiger partial charge in [-0.1, -0.05) is 32.4 Å². The Labute approximate surface area is 130 Å². The molecule has 19 heavy (non-hydrogen) atoms. The SMILES string of the molecule is CC(C)(C)c1nn(-c2ccc(Cl)c(F)c2)c(N)c1I. The average Bonchev–Trinajstić information content (AvgIpc) is 2.60. The van der Waals surface area contributed by atoms with E-state index in [-0.39, 0.29) is 10.4 Å². The molecule has 0 aliphatic carbocycles. The molecule has 0 radical (unpaired) electrons. The van der Waals surface area contributed by atoms with Gasteiger partial charge in [-0.15, -0.1) is 0 Å². The molecule has 0 bridgehead atoms. The van der Waals surface area contributed by atoms with Gasteiger partial charge in [-0.2, -0.15) is 5.10 Å². The third-order valence-electron chi connectivity index (χ3n) is 2.72. The van der Waals surface area contributed by atoms with E-state index in [2.05, 4.69) is 48.5 Å². The van der Waals surface area contributed by atoms with Crippen LogP contribution in [-0.2, 0) is 5.41 Å². The minimum Gasteiger partial charge on any atom is -0.383 e. The zero-order valence-electron chi connectivity index (χ0n) is 10.8. The molecule has 2 aromatic rings. The fourth-order valence-electron chi connectivity index (χ4n) is 1.70. The van der Waals surface area contributed by atoms with Gasteiger partial charge in [-0.25, -0.2) is 9.07 Å². The highest BCUT2D eigenvalue weighted by molar-refractivity contribution is 14.1. The maximum absolute atomic E-state index is 13.5. The van der Waals surface area contributed by atoms with Crippen molar-refractivity contribution in [2.45, 2.75) is 26.2 Å². The highest BCUT2D eigenvalue weighted by Crippen LogP contribution is 2.31. The number of hydrogen-bond donors (Lipinski definition) is 1. The van der Waals surface area contributed by atoms with E-state index in [0.717, 1.165) is 9.26 Å². The molecule has 1 aromatic heterocycles. The Balaban J connectivity index is 2.60. The van der Waals surface area contributed by atoms with Crippen molar-refractivity contribution in [2.75, 3.05) is 5.73 Å². The lowest BCUT2D eigenvalue weighted by molar-refractivity contribution is 0.557. The molecular formula is C13H14ClFIN3. The van der Waals surface area contributed by atoms with Crippen molar-refractivity contribution in [3.8, 4) is 5.69 Å². The maximum atomic E-state index is 13.5. The van der Waals surface area contributed by atoms with Gasteiger partial charge in [0.15, 0.2) is 0 Å². The molecule has 0 unspecified atom stereocenters. The van der Waals surface area contributed by atoms with E-state index in [1.807, 2.05) is 0 Å². The first-order valence-electron chi connectivity index (χ1n) is 5.71. The fourth-order valence-corrected chi connectivity index (χ4v) is 2.97. The van der Waals surface area contributed by atoms with E-state index in [9.17, 15) is 4.39 Å². The predicted octanol–water partition coefficient (Wildman–Crippen LogP) is 4.15. The molecular weight excluding hydrogens is 380 g/mol. The Bertz CT molecular complexity index is 632. The summed E-state index contributed by atoms with van der Waals surface area (Å²) in [5, 5.41) is 4.58. The number of hydrogen-bond acceptors (Lipinski definition) is 2. The number of rotatable bonds is 1. The summed E-state index contributed by atoms with van der Waals surface area (Å²) in [6.07, 6.45) is 0. The number of aromatic nitrogens is 2. The summed E-state index contributed by atoms with van der Waals surface area (Å²) >= 11 is 7.84. The van der Waals surface area contributed by atoms with E-state index in [1.165, 1.54) is 12.1 Å². The van der Waals surface area contributed by atoms with Gasteiger partial charge < -0.3 is 5.73 Å². The van der Waals surface area contributed by atoms with Crippen molar-refractivity contribution in [1.82, 2.24) is 9.78 Å². The smallest absolute Gasteiger partial charge is 0.143 e. The highest BCUT2D eigenvalue weighted by atomic mass is 127. The molecule has 6 heteroatoms. The Morgan fingerprint density at radius 2 is 2.00 bits per heavy atom. The lowest BCUT2D eigenvalue weighted by Crippen LogP contribution is -2.14. The van der Waals surface area contributed by atoms with Crippen LogP contribution in [0.5, 0.6) is 0 Å². The van der Waals surface area contributed by atoms with Crippen LogP contribution in [0.1, 0.15) is 26.5 Å². The minimum absolute atomic E-state index is 0.0835. The lowest BCUT2D eigenvalue weighted by Gasteiger charge is -2.15. The number of nitrogens with two attached hydrogens (primary N) is 1. The molecule has 3 nitrogen and oxygen atoms in total. The molecule has 2 rings (SSSR count). The van der Waals surface area contributed by atoms with Gasteiger partial charge in [-0.05, 0) is 34.7 Å². The molecule has 1 aromatic carbocycles. The van der Waals surface area contributed by atoms with Crippen LogP contribution in [0, 0.1) is 9.39 Å². The molecule has 0 aliphatic heterocycles. The summed E-state index contributed by atoms with van der Waals surface area (Å²) in [7, 11) is 0. The van der Waals surface area contributed by atoms with Crippen molar-refractivity contribution in [2.24, 2.45) is 0 Å². The Morgan fingerprint density at radius 1 is 1.37 bits per heavy atom. The largest absolute Gasteiger partial charge is 0.383 e. The van der Waals surface area contributed by atoms with Crippen molar-refractivity contribution in [1.29, 1.82) is 0 Å². The van der Waals surface area contributed by atoms with Crippen molar-refractivity contribution >= 4 is 40.0 Å². The molecule has 1 heterocycles. The molecule has 0 spiro atoms. The van der Waals surface area contributed by atoms with Gasteiger partial charge >= 0.3 is 0 Å². The molecule has 0 aliphatic rings. The van der Waals surface area contributed by atoms with Crippen LogP contribution in [0.25, 0.3) is 5.69 Å². The van der Waals surface area contributed by atoms with Gasteiger partial charge in [0.2, 0.25) is 0 Å². The van der Waals surface area contributed by atoms with Crippen LogP contribution in [0.15, 0.2) is 18.2 Å². The molecule has 0 saturated carbocycles. The summed E-state index contributed by atoms with van der Waals surface area (Å²) in [5.41, 5.74) is 7.39. The first-order chi connectivity index (χ1) is 8.71. The predicted molar refractivity (Wildman–Crippen MR) is 84.4 cm³/mol. The van der Waals surface area contributed by atoms with Crippen LogP contribution in [0.2, 0.25) is 5.02 Å². The topological polar surface area (TPSA) is 43.8 Å². The van der Waals surface area contributed by atoms with Crippen LogP contribution >= 0.6 is 34.2 Å². The quantitative estimate of drug-likeness (QED) is 0.740. The van der Waals surface area contributed by atoms with E-state index in [0.29, 0.717) is 11.5 Å². The van der Waals surface area contributed by atoms with Gasteiger partial charge in [-0.3, -0.25) is 0 Å². The second kappa shape index (κ2) is 4.94. The molecule has 0 amide bonds. The van der Waals surface area contributed by atoms with Gasteiger partial charge in [0.25, 0.3) is 0 Å². The summed E-state index contributed by atoms with van der Waals surface area (Å²) in [5.74, 6) is 0.0219. The monoisotopic (exact) mass is 393 g/mol. The Morgan fingerprint density at radius 3 is 2.47 bits per heavy atom. The Hall–Kier alpha value is -0.820. The van der Waals surface area contributed by atoms with Crippen LogP contribution in [0.3, 0.4) is 0 Å². The van der Waals surface area contributed by atoms with Crippen LogP contribution in [0.4, 0.5) is 10.2 Å². The third kappa shape index (κ3) is 2.72. The second-order valence-corrected chi connectivity index (χ2v) is 6.79. The standard InChI is InChI=1S/C13H14ClFIN3/c1-13(2,3)11-10(16)12(17)19(18-11)7-4-5-8(14)9(15)6-7/h4-6H,17H2,1-3H3. The van der Waals surface area contributed by atoms with E-state index < -0.39 is 5.82 Å². The fraction of sp³-hybridized carbons (Fsp3) is 0.308. The molecule has 2 N–H and O–H groups in total. The zero-order valence-corrected chi connectivity index (χ0v) is 13.8. The normalized spacial score (nSPS) is 11.9. The van der Waals surface area contributed by atoms with Crippen LogP contribution in [-0.4, -0.2) is 9.78 Å². The van der Waals surface area contributed by atoms with E-state index in [4.69, 9.17) is 17.3 Å².